The number of hydrogen-bond acceptors (Lipinski definition) is 4. The van der Waals surface area contributed by atoms with Crippen LogP contribution >= 0.6 is 11.8 Å². The fraction of sp³-hybridized carbons (Fsp3) is 0.700. The van der Waals surface area contributed by atoms with Gasteiger partial charge in [-0.3, -0.25) is 0 Å². The summed E-state index contributed by atoms with van der Waals surface area (Å²) in [6, 6.07) is 0.380. The van der Waals surface area contributed by atoms with E-state index < -0.39 is 0 Å². The predicted molar refractivity (Wildman–Crippen MR) is 58.7 cm³/mol. The Hall–Kier alpha value is -0.480. The van der Waals surface area contributed by atoms with Crippen LogP contribution in [0.25, 0.3) is 0 Å². The first-order chi connectivity index (χ1) is 6.77. The SMILES string of the molecule is CC(C)c1nc(C2CSCCN2)co1. The van der Waals surface area contributed by atoms with Crippen molar-refractivity contribution in [2.24, 2.45) is 0 Å². The normalized spacial score (nSPS) is 22.9. The summed E-state index contributed by atoms with van der Waals surface area (Å²) in [6.45, 7) is 5.26. The molecule has 1 aliphatic heterocycles. The molecule has 0 aliphatic carbocycles. The summed E-state index contributed by atoms with van der Waals surface area (Å²) in [5.41, 5.74) is 1.06. The molecule has 1 unspecified atom stereocenters. The largest absolute Gasteiger partial charge is 0.448 e. The molecule has 1 N–H and O–H groups in total. The number of aromatic nitrogens is 1. The highest BCUT2D eigenvalue weighted by atomic mass is 32.2. The summed E-state index contributed by atoms with van der Waals surface area (Å²) >= 11 is 1.97. The Balaban J connectivity index is 2.07. The Morgan fingerprint density at radius 2 is 2.50 bits per heavy atom. The van der Waals surface area contributed by atoms with Gasteiger partial charge in [-0.25, -0.2) is 4.98 Å². The van der Waals surface area contributed by atoms with Crippen molar-refractivity contribution in [3.05, 3.63) is 17.8 Å². The number of thioether (sulfide) groups is 1. The van der Waals surface area contributed by atoms with Gasteiger partial charge in [0.2, 0.25) is 0 Å². The van der Waals surface area contributed by atoms with Gasteiger partial charge in [0.1, 0.15) is 6.26 Å². The summed E-state index contributed by atoms with van der Waals surface area (Å²) in [5, 5.41) is 3.44. The first-order valence-electron chi connectivity index (χ1n) is 5.04. The molecule has 3 nitrogen and oxygen atoms in total. The molecular weight excluding hydrogens is 196 g/mol. The molecule has 0 aromatic carbocycles. The molecule has 14 heavy (non-hydrogen) atoms. The van der Waals surface area contributed by atoms with Gasteiger partial charge < -0.3 is 9.73 Å². The Morgan fingerprint density at radius 1 is 1.64 bits per heavy atom. The molecular formula is C10H16N2OS. The van der Waals surface area contributed by atoms with E-state index in [1.54, 1.807) is 6.26 Å². The van der Waals surface area contributed by atoms with Crippen LogP contribution in [0.3, 0.4) is 0 Å². The van der Waals surface area contributed by atoms with Gasteiger partial charge in [-0.2, -0.15) is 11.8 Å². The maximum Gasteiger partial charge on any atom is 0.196 e. The number of oxazole rings is 1. The van der Waals surface area contributed by atoms with Crippen molar-refractivity contribution < 1.29 is 4.42 Å². The smallest absolute Gasteiger partial charge is 0.196 e. The zero-order valence-corrected chi connectivity index (χ0v) is 9.43. The van der Waals surface area contributed by atoms with Crippen LogP contribution in [0.15, 0.2) is 10.7 Å². The second kappa shape index (κ2) is 4.36. The zero-order valence-electron chi connectivity index (χ0n) is 8.62. The summed E-state index contributed by atoms with van der Waals surface area (Å²) in [5.74, 6) is 3.52. The Bertz CT molecular complexity index is 292. The fourth-order valence-corrected chi connectivity index (χ4v) is 2.43. The molecule has 0 bridgehead atoms. The minimum atomic E-state index is 0.375. The van der Waals surface area contributed by atoms with Crippen molar-refractivity contribution in [1.82, 2.24) is 10.3 Å². The first kappa shape index (κ1) is 10.1. The van der Waals surface area contributed by atoms with Gasteiger partial charge in [0.15, 0.2) is 5.89 Å². The molecule has 1 aromatic heterocycles. The lowest BCUT2D eigenvalue weighted by Gasteiger charge is -2.20. The van der Waals surface area contributed by atoms with Gasteiger partial charge in [0, 0.05) is 24.0 Å². The van der Waals surface area contributed by atoms with Crippen LogP contribution in [0.2, 0.25) is 0 Å². The van der Waals surface area contributed by atoms with E-state index in [4.69, 9.17) is 4.42 Å². The maximum absolute atomic E-state index is 5.42. The lowest BCUT2D eigenvalue weighted by atomic mass is 10.2. The summed E-state index contributed by atoms with van der Waals surface area (Å²) < 4.78 is 5.42. The number of rotatable bonds is 2. The first-order valence-corrected chi connectivity index (χ1v) is 6.19. The van der Waals surface area contributed by atoms with E-state index in [1.807, 2.05) is 11.8 Å². The molecule has 1 saturated heterocycles. The highest BCUT2D eigenvalue weighted by Crippen LogP contribution is 2.23. The van der Waals surface area contributed by atoms with Crippen LogP contribution < -0.4 is 5.32 Å². The van der Waals surface area contributed by atoms with Crippen LogP contribution in [0, 0.1) is 0 Å². The third-order valence-electron chi connectivity index (χ3n) is 2.31. The van der Waals surface area contributed by atoms with Gasteiger partial charge >= 0.3 is 0 Å². The Labute approximate surface area is 88.7 Å². The zero-order chi connectivity index (χ0) is 9.97. The van der Waals surface area contributed by atoms with E-state index >= 15 is 0 Å². The number of nitrogens with one attached hydrogen (secondary N) is 1. The highest BCUT2D eigenvalue weighted by Gasteiger charge is 2.19. The lowest BCUT2D eigenvalue weighted by Crippen LogP contribution is -2.30. The van der Waals surface area contributed by atoms with Crippen LogP contribution in [0.1, 0.15) is 37.4 Å². The van der Waals surface area contributed by atoms with Gasteiger partial charge in [-0.15, -0.1) is 0 Å². The molecule has 1 aromatic rings. The minimum Gasteiger partial charge on any atom is -0.448 e. The van der Waals surface area contributed by atoms with E-state index in [-0.39, 0.29) is 0 Å². The van der Waals surface area contributed by atoms with E-state index in [0.717, 1.165) is 23.9 Å². The van der Waals surface area contributed by atoms with Crippen molar-refractivity contribution in [1.29, 1.82) is 0 Å². The second-order valence-electron chi connectivity index (χ2n) is 3.85. The third-order valence-corrected chi connectivity index (χ3v) is 3.37. The third kappa shape index (κ3) is 2.12. The standard InChI is InChI=1S/C10H16N2OS/c1-7(2)10-12-8(5-13-10)9-6-14-4-3-11-9/h5,7,9,11H,3-4,6H2,1-2H3. The lowest BCUT2D eigenvalue weighted by molar-refractivity contribution is 0.470. The van der Waals surface area contributed by atoms with E-state index in [2.05, 4.69) is 24.1 Å². The molecule has 78 valence electrons. The number of hydrogen-bond donors (Lipinski definition) is 1. The molecule has 2 heterocycles. The van der Waals surface area contributed by atoms with Crippen molar-refractivity contribution >= 4 is 11.8 Å². The van der Waals surface area contributed by atoms with Crippen molar-refractivity contribution in [3.8, 4) is 0 Å². The highest BCUT2D eigenvalue weighted by molar-refractivity contribution is 7.99. The molecule has 4 heteroatoms. The molecule has 1 aliphatic rings. The molecule has 1 atom stereocenters. The summed E-state index contributed by atoms with van der Waals surface area (Å²) in [7, 11) is 0. The summed E-state index contributed by atoms with van der Waals surface area (Å²) in [6.07, 6.45) is 1.79. The topological polar surface area (TPSA) is 38.1 Å². The quantitative estimate of drug-likeness (QED) is 0.815. The fourth-order valence-electron chi connectivity index (χ4n) is 1.48. The molecule has 1 fully saturated rings. The van der Waals surface area contributed by atoms with Crippen LogP contribution in [0.5, 0.6) is 0 Å². The van der Waals surface area contributed by atoms with E-state index in [1.165, 1.54) is 5.75 Å². The van der Waals surface area contributed by atoms with Gasteiger partial charge in [-0.1, -0.05) is 13.8 Å². The van der Waals surface area contributed by atoms with Crippen molar-refractivity contribution in [3.63, 3.8) is 0 Å². The Morgan fingerprint density at radius 3 is 3.07 bits per heavy atom. The average molecular weight is 212 g/mol. The van der Waals surface area contributed by atoms with Crippen molar-refractivity contribution in [2.45, 2.75) is 25.8 Å². The molecule has 0 amide bonds. The second-order valence-corrected chi connectivity index (χ2v) is 5.00. The monoisotopic (exact) mass is 212 g/mol. The van der Waals surface area contributed by atoms with Crippen LogP contribution in [-0.2, 0) is 0 Å². The van der Waals surface area contributed by atoms with Gasteiger partial charge in [-0.05, 0) is 0 Å². The molecule has 0 spiro atoms. The number of nitrogens with zero attached hydrogens (tertiary/aromatic N) is 1. The van der Waals surface area contributed by atoms with Crippen LogP contribution in [0.4, 0.5) is 0 Å². The minimum absolute atomic E-state index is 0.375. The van der Waals surface area contributed by atoms with E-state index in [9.17, 15) is 0 Å². The average Bonchev–Trinajstić information content (AvgIpc) is 2.68. The molecule has 0 saturated carbocycles. The summed E-state index contributed by atoms with van der Waals surface area (Å²) in [4.78, 5) is 4.49. The maximum atomic E-state index is 5.42. The molecule has 2 rings (SSSR count). The molecule has 0 radical (unpaired) electrons. The predicted octanol–water partition coefficient (Wildman–Crippen LogP) is 2.18. The van der Waals surface area contributed by atoms with Gasteiger partial charge in [0.25, 0.3) is 0 Å². The van der Waals surface area contributed by atoms with Crippen LogP contribution in [-0.4, -0.2) is 23.0 Å². The van der Waals surface area contributed by atoms with Gasteiger partial charge in [0.05, 0.1) is 11.7 Å². The Kier molecular flexibility index (Phi) is 3.13. The van der Waals surface area contributed by atoms with E-state index in [0.29, 0.717) is 12.0 Å². The van der Waals surface area contributed by atoms with Crippen molar-refractivity contribution in [2.75, 3.05) is 18.1 Å².